The summed E-state index contributed by atoms with van der Waals surface area (Å²) in [5.41, 5.74) is 19.0. The van der Waals surface area contributed by atoms with E-state index in [-0.39, 0.29) is 38.2 Å². The Morgan fingerprint density at radius 2 is 0.760 bits per heavy atom. The summed E-state index contributed by atoms with van der Waals surface area (Å²) in [4.78, 5) is 2.46. The minimum atomic E-state index is -2.16. The van der Waals surface area contributed by atoms with E-state index >= 15 is 0 Å². The summed E-state index contributed by atoms with van der Waals surface area (Å²) in [7, 11) is 0. The van der Waals surface area contributed by atoms with Gasteiger partial charge in [-0.05, 0) is 186 Å². The number of hydrogen-bond acceptors (Lipinski definition) is 2. The van der Waals surface area contributed by atoms with Crippen LogP contribution >= 0.6 is 0 Å². The minimum Gasteiger partial charge on any atom is -0.458 e. The zero-order valence-electron chi connectivity index (χ0n) is 68.0. The number of fused-ring (bicyclic) bond motifs is 7. The van der Waals surface area contributed by atoms with Crippen LogP contribution in [0.4, 0.5) is 17.1 Å². The highest BCUT2D eigenvalue weighted by Gasteiger charge is 2.49. The molecule has 96 heavy (non-hydrogen) atoms. The molecule has 2 nitrogen and oxygen atoms in total. The molecule has 2 heterocycles. The van der Waals surface area contributed by atoms with Crippen molar-refractivity contribution in [3.63, 3.8) is 0 Å². The Balaban J connectivity index is 1.14. The van der Waals surface area contributed by atoms with Gasteiger partial charge in [-0.3, -0.25) is 0 Å². The van der Waals surface area contributed by atoms with Gasteiger partial charge in [-0.15, -0.1) is 0 Å². The minimum absolute atomic E-state index is 0.166. The van der Waals surface area contributed by atoms with E-state index in [4.69, 9.17) is 7.48 Å². The van der Waals surface area contributed by atoms with Crippen molar-refractivity contribution in [1.82, 2.24) is 0 Å². The highest BCUT2D eigenvalue weighted by atomic mass is 16.5. The van der Waals surface area contributed by atoms with E-state index in [1.165, 1.54) is 22.3 Å². The molecule has 0 saturated heterocycles. The largest absolute Gasteiger partial charge is 0.458 e. The van der Waals surface area contributed by atoms with Gasteiger partial charge >= 0.3 is 0 Å². The fraction of sp³-hybridized carbons (Fsp3) is 0.226. The second-order valence-electron chi connectivity index (χ2n) is 31.8. The van der Waals surface area contributed by atoms with E-state index in [1.807, 2.05) is 30.3 Å². The van der Waals surface area contributed by atoms with Gasteiger partial charge in [-0.25, -0.2) is 0 Å². The first-order valence-electron chi connectivity index (χ1n) is 38.8. The third-order valence-corrected chi connectivity index (χ3v) is 20.3. The monoisotopic (exact) mass is 1260 g/mol. The van der Waals surface area contributed by atoms with Gasteiger partial charge < -0.3 is 9.64 Å². The van der Waals surface area contributed by atoms with Crippen molar-refractivity contribution in [3.05, 3.63) is 311 Å². The van der Waals surface area contributed by atoms with E-state index in [0.717, 1.165) is 83.5 Å². The normalized spacial score (nSPS) is 15.4. The van der Waals surface area contributed by atoms with Crippen molar-refractivity contribution < 1.29 is 18.4 Å². The molecule has 2 aliphatic heterocycles. The summed E-state index contributed by atoms with van der Waals surface area (Å²) in [5, 5.41) is 0. The predicted molar refractivity (Wildman–Crippen MR) is 410 cm³/mol. The standard InChI is InChI=1S/C93H88BNO/c1-88(2,3)68-47-63(48-69(55-68)89(4,5)6)61-43-45-79-81(51-61)95(87-76(59-31-20-16-21-32-59)57-72(92(13,14)15)58-77(87)60-33-22-17-23-34-60)82-52-65(54-84-86(82)94(79)80-46-44-62(53-83(80)96-84)64-49-70(90(7,8)9)56-71(50-64)91(10,11)12)73-40-30-41-75-74-39-28-29-42-78(74)93(85(73)75,66-35-24-18-25-36-66)67-37-26-19-27-38-67/h16-58H,1-15H3/i18D,19D,24D,25D,26D,27D,35D,36D,37D,38D. The fourth-order valence-corrected chi connectivity index (χ4v) is 14.9. The molecular formula is C93H88BNO. The SMILES string of the molecule is [2H]c1c([2H])c([2H])c(C2(c3c([2H])c([2H])c([2H])c([2H])c3[2H])c3ccccc3-c3cccc(-c4cc5c6c(c4)N(c4c(-c7ccccc7)cc(C(C)(C)C)cc4-c4ccccc4)c4cc(-c7cc(C(C)(C)C)cc(C(C)(C)C)c7)ccc4B6c4ccc(-c6cc(C(C)(C)C)cc(C(C)(C)C)c6)cc4O5)c32)c([2H])c1[2H]. The highest BCUT2D eigenvalue weighted by Crippen LogP contribution is 2.60. The van der Waals surface area contributed by atoms with Crippen LogP contribution in [0.5, 0.6) is 11.5 Å². The molecular weight excluding hydrogens is 1160 g/mol. The van der Waals surface area contributed by atoms with Crippen molar-refractivity contribution in [2.45, 2.75) is 136 Å². The molecule has 0 radical (unpaired) electrons. The van der Waals surface area contributed by atoms with E-state index in [2.05, 4.69) is 266 Å². The van der Waals surface area contributed by atoms with Gasteiger partial charge in [0.25, 0.3) is 6.71 Å². The Kier molecular flexibility index (Phi) is 12.2. The maximum absolute atomic E-state index is 10.1. The van der Waals surface area contributed by atoms with Gasteiger partial charge in [0.1, 0.15) is 11.5 Å². The molecule has 0 N–H and O–H groups in total. The smallest absolute Gasteiger partial charge is 0.256 e. The summed E-state index contributed by atoms with van der Waals surface area (Å²) in [6, 6.07) is 65.1. The summed E-state index contributed by atoms with van der Waals surface area (Å²) in [6.45, 7) is 33.5. The molecule has 0 saturated carbocycles. The van der Waals surface area contributed by atoms with Crippen LogP contribution < -0.4 is 26.0 Å². The summed E-state index contributed by atoms with van der Waals surface area (Å²) >= 11 is 0. The number of nitrogens with zero attached hydrogens (tertiary/aromatic N) is 1. The van der Waals surface area contributed by atoms with Crippen LogP contribution in [0, 0.1) is 0 Å². The molecule has 0 amide bonds. The van der Waals surface area contributed by atoms with Gasteiger partial charge in [-0.2, -0.15) is 0 Å². The Hall–Kier alpha value is -9.70. The number of anilines is 3. The van der Waals surface area contributed by atoms with E-state index in [0.29, 0.717) is 44.9 Å². The second-order valence-corrected chi connectivity index (χ2v) is 31.8. The maximum atomic E-state index is 10.1. The molecule has 12 aromatic carbocycles. The Morgan fingerprint density at radius 3 is 1.27 bits per heavy atom. The lowest BCUT2D eigenvalue weighted by molar-refractivity contribution is 0.488. The number of rotatable bonds is 8. The van der Waals surface area contributed by atoms with Gasteiger partial charge in [0.2, 0.25) is 0 Å². The lowest BCUT2D eigenvalue weighted by Gasteiger charge is -2.42. The van der Waals surface area contributed by atoms with Crippen LogP contribution in [0.25, 0.3) is 66.8 Å². The quantitative estimate of drug-likeness (QED) is 0.141. The van der Waals surface area contributed by atoms with Gasteiger partial charge in [0.15, 0.2) is 0 Å². The zero-order valence-corrected chi connectivity index (χ0v) is 58.0. The molecule has 0 unspecified atom stereocenters. The first-order chi connectivity index (χ1) is 49.9. The van der Waals surface area contributed by atoms with Crippen LogP contribution in [0.15, 0.2) is 261 Å². The third-order valence-electron chi connectivity index (χ3n) is 20.3. The summed E-state index contributed by atoms with van der Waals surface area (Å²) in [5.74, 6) is 1.21. The van der Waals surface area contributed by atoms with Gasteiger partial charge in [0, 0.05) is 22.5 Å². The van der Waals surface area contributed by atoms with Crippen LogP contribution in [0.1, 0.15) is 168 Å². The molecule has 0 spiro atoms. The van der Waals surface area contributed by atoms with Crippen LogP contribution in [0.3, 0.4) is 0 Å². The highest BCUT2D eigenvalue weighted by molar-refractivity contribution is 6.99. The summed E-state index contributed by atoms with van der Waals surface area (Å²) in [6.07, 6.45) is 0. The molecule has 474 valence electrons. The fourth-order valence-electron chi connectivity index (χ4n) is 14.9. The van der Waals surface area contributed by atoms with Gasteiger partial charge in [0.05, 0.1) is 24.8 Å². The number of benzene rings is 12. The van der Waals surface area contributed by atoms with E-state index < -0.39 is 72.6 Å². The van der Waals surface area contributed by atoms with Crippen molar-refractivity contribution >= 4 is 40.2 Å². The van der Waals surface area contributed by atoms with Crippen LogP contribution in [0.2, 0.25) is 0 Å². The average Bonchev–Trinajstić information content (AvgIpc) is 1.46. The van der Waals surface area contributed by atoms with Crippen molar-refractivity contribution in [1.29, 1.82) is 0 Å². The molecule has 0 aromatic heterocycles. The van der Waals surface area contributed by atoms with Crippen molar-refractivity contribution in [3.8, 4) is 78.3 Å². The molecule has 15 rings (SSSR count). The second kappa shape index (κ2) is 22.7. The Bertz CT molecular complexity index is 5420. The first-order valence-corrected chi connectivity index (χ1v) is 33.8. The lowest BCUT2D eigenvalue weighted by atomic mass is 9.34. The summed E-state index contributed by atoms with van der Waals surface area (Å²) < 4.78 is 104. The molecule has 0 bridgehead atoms. The van der Waals surface area contributed by atoms with Crippen molar-refractivity contribution in [2.24, 2.45) is 0 Å². The first kappa shape index (κ1) is 51.6. The number of ether oxygens (including phenoxy) is 1. The third kappa shape index (κ3) is 10.6. The van der Waals surface area contributed by atoms with Gasteiger partial charge in [-0.1, -0.05) is 328 Å². The predicted octanol–water partition coefficient (Wildman–Crippen LogP) is 23.3. The lowest BCUT2D eigenvalue weighted by Crippen LogP contribution is -2.59. The van der Waals surface area contributed by atoms with Crippen LogP contribution in [-0.4, -0.2) is 6.71 Å². The van der Waals surface area contributed by atoms with E-state index in [1.54, 1.807) is 12.1 Å². The average molecular weight is 1260 g/mol. The zero-order chi connectivity index (χ0) is 75.7. The molecule has 0 fully saturated rings. The maximum Gasteiger partial charge on any atom is 0.256 e. The molecule has 0 atom stereocenters. The Labute approximate surface area is 585 Å². The van der Waals surface area contributed by atoms with Crippen LogP contribution in [-0.2, 0) is 32.5 Å². The molecule has 1 aliphatic carbocycles. The molecule has 12 aromatic rings. The molecule has 3 heteroatoms. The number of hydrogen-bond donors (Lipinski definition) is 0. The topological polar surface area (TPSA) is 12.5 Å². The Morgan fingerprint density at radius 1 is 0.333 bits per heavy atom. The van der Waals surface area contributed by atoms with Crippen molar-refractivity contribution in [2.75, 3.05) is 4.90 Å². The van der Waals surface area contributed by atoms with E-state index in [9.17, 15) is 11.0 Å². The molecule has 3 aliphatic rings.